The average Bonchev–Trinajstić information content (AvgIpc) is 2.62. The zero-order valence-corrected chi connectivity index (χ0v) is 18.0. The zero-order valence-electron chi connectivity index (χ0n) is 15.0. The number of carbonyl (C=O) groups is 1. The number of rotatable bonds is 9. The molecule has 146 valence electrons. The lowest BCUT2D eigenvalue weighted by Gasteiger charge is -2.12. The maximum Gasteiger partial charge on any atom is 0.255 e. The summed E-state index contributed by atoms with van der Waals surface area (Å²) < 4.78 is 5.70. The summed E-state index contributed by atoms with van der Waals surface area (Å²) in [6.07, 6.45) is 5.66. The summed E-state index contributed by atoms with van der Waals surface area (Å²) in [5.74, 6) is 0.0446. The SMILES string of the molecule is CCCCCCCOc1c(Cl)cc(C(=O)Nc2ccc(Cl)c(Cl)c2)cc1Cl. The van der Waals surface area contributed by atoms with Crippen molar-refractivity contribution >= 4 is 58.0 Å². The molecule has 0 atom stereocenters. The number of anilines is 1. The van der Waals surface area contributed by atoms with Crippen LogP contribution in [0.1, 0.15) is 49.4 Å². The van der Waals surface area contributed by atoms with Gasteiger partial charge in [-0.15, -0.1) is 0 Å². The summed E-state index contributed by atoms with van der Waals surface area (Å²) in [5.41, 5.74) is 0.848. The molecule has 0 saturated carbocycles. The van der Waals surface area contributed by atoms with E-state index in [1.54, 1.807) is 18.2 Å². The number of amides is 1. The summed E-state index contributed by atoms with van der Waals surface area (Å²) >= 11 is 24.4. The van der Waals surface area contributed by atoms with Crippen LogP contribution in [0.15, 0.2) is 30.3 Å². The van der Waals surface area contributed by atoms with Crippen LogP contribution < -0.4 is 10.1 Å². The summed E-state index contributed by atoms with van der Waals surface area (Å²) in [6.45, 7) is 2.72. The molecular formula is C20H21Cl4NO2. The van der Waals surface area contributed by atoms with E-state index >= 15 is 0 Å². The van der Waals surface area contributed by atoms with Crippen LogP contribution in [0.2, 0.25) is 20.1 Å². The van der Waals surface area contributed by atoms with Crippen LogP contribution in [0.3, 0.4) is 0 Å². The average molecular weight is 449 g/mol. The van der Waals surface area contributed by atoms with Gasteiger partial charge in [-0.3, -0.25) is 4.79 Å². The normalized spacial score (nSPS) is 10.7. The number of halogens is 4. The van der Waals surface area contributed by atoms with E-state index in [9.17, 15) is 4.79 Å². The van der Waals surface area contributed by atoms with Crippen molar-refractivity contribution in [2.45, 2.75) is 39.0 Å². The predicted molar refractivity (Wildman–Crippen MR) is 115 cm³/mol. The largest absolute Gasteiger partial charge is 0.490 e. The van der Waals surface area contributed by atoms with Crippen molar-refractivity contribution in [3.8, 4) is 5.75 Å². The minimum Gasteiger partial charge on any atom is -0.490 e. The van der Waals surface area contributed by atoms with Gasteiger partial charge in [0.05, 0.1) is 26.7 Å². The Morgan fingerprint density at radius 2 is 1.56 bits per heavy atom. The molecule has 2 rings (SSSR count). The van der Waals surface area contributed by atoms with E-state index in [0.717, 1.165) is 12.8 Å². The molecular weight excluding hydrogens is 428 g/mol. The molecule has 3 nitrogen and oxygen atoms in total. The van der Waals surface area contributed by atoms with E-state index in [4.69, 9.17) is 51.1 Å². The zero-order chi connectivity index (χ0) is 19.8. The summed E-state index contributed by atoms with van der Waals surface area (Å²) in [5, 5.41) is 4.10. The fourth-order valence-electron chi connectivity index (χ4n) is 2.49. The Bertz CT molecular complexity index is 773. The molecule has 1 N–H and O–H groups in total. The second-order valence-electron chi connectivity index (χ2n) is 6.11. The van der Waals surface area contributed by atoms with Crippen LogP contribution in [-0.2, 0) is 0 Å². The van der Waals surface area contributed by atoms with Crippen LogP contribution in [0.4, 0.5) is 5.69 Å². The third-order valence-corrected chi connectivity index (χ3v) is 5.23. The first-order valence-corrected chi connectivity index (χ1v) is 10.3. The van der Waals surface area contributed by atoms with Gasteiger partial charge >= 0.3 is 0 Å². The molecule has 0 unspecified atom stereocenters. The third kappa shape index (κ3) is 6.76. The van der Waals surface area contributed by atoms with Crippen molar-refractivity contribution < 1.29 is 9.53 Å². The molecule has 7 heteroatoms. The quantitative estimate of drug-likeness (QED) is 0.395. The van der Waals surface area contributed by atoms with Crippen LogP contribution >= 0.6 is 46.4 Å². The Labute approximate surface area is 179 Å². The standard InChI is InChI=1S/C20H21Cl4NO2/c1-2-3-4-5-6-9-27-19-17(23)10-13(11-18(19)24)20(26)25-14-7-8-15(21)16(22)12-14/h7-8,10-12H,2-6,9H2,1H3,(H,25,26). The highest BCUT2D eigenvalue weighted by atomic mass is 35.5. The van der Waals surface area contributed by atoms with E-state index in [1.807, 2.05) is 0 Å². The first kappa shape index (κ1) is 22.2. The molecule has 0 aliphatic rings. The van der Waals surface area contributed by atoms with Gasteiger partial charge in [0.1, 0.15) is 0 Å². The topological polar surface area (TPSA) is 38.3 Å². The Morgan fingerprint density at radius 3 is 2.19 bits per heavy atom. The number of hydrogen-bond acceptors (Lipinski definition) is 2. The number of unbranched alkanes of at least 4 members (excludes halogenated alkanes) is 4. The van der Waals surface area contributed by atoms with E-state index in [-0.39, 0.29) is 5.91 Å². The van der Waals surface area contributed by atoms with Crippen LogP contribution in [-0.4, -0.2) is 12.5 Å². The van der Waals surface area contributed by atoms with Crippen molar-refractivity contribution in [1.82, 2.24) is 0 Å². The number of benzene rings is 2. The van der Waals surface area contributed by atoms with Gasteiger partial charge in [-0.05, 0) is 36.8 Å². The van der Waals surface area contributed by atoms with Gasteiger partial charge in [-0.25, -0.2) is 0 Å². The summed E-state index contributed by atoms with van der Waals surface area (Å²) in [7, 11) is 0. The van der Waals surface area contributed by atoms with Gasteiger partial charge in [0.15, 0.2) is 5.75 Å². The molecule has 2 aromatic rings. The van der Waals surface area contributed by atoms with Crippen molar-refractivity contribution in [3.63, 3.8) is 0 Å². The molecule has 0 aromatic heterocycles. The fourth-order valence-corrected chi connectivity index (χ4v) is 3.38. The van der Waals surface area contributed by atoms with Gasteiger partial charge in [-0.1, -0.05) is 79.0 Å². The molecule has 0 saturated heterocycles. The lowest BCUT2D eigenvalue weighted by molar-refractivity contribution is 0.102. The Hall–Kier alpha value is -1.13. The Balaban J connectivity index is 1.99. The summed E-state index contributed by atoms with van der Waals surface area (Å²) in [6, 6.07) is 7.91. The summed E-state index contributed by atoms with van der Waals surface area (Å²) in [4.78, 5) is 12.4. The number of nitrogens with one attached hydrogen (secondary N) is 1. The van der Waals surface area contributed by atoms with Crippen molar-refractivity contribution in [2.24, 2.45) is 0 Å². The van der Waals surface area contributed by atoms with Crippen LogP contribution in [0.5, 0.6) is 5.75 Å². The second-order valence-corrected chi connectivity index (χ2v) is 7.74. The molecule has 0 aliphatic carbocycles. The minimum atomic E-state index is -0.358. The smallest absolute Gasteiger partial charge is 0.255 e. The molecule has 0 fully saturated rings. The van der Waals surface area contributed by atoms with Gasteiger partial charge in [0, 0.05) is 11.3 Å². The molecule has 2 aromatic carbocycles. The molecule has 1 amide bonds. The molecule has 0 spiro atoms. The van der Waals surface area contributed by atoms with E-state index < -0.39 is 0 Å². The predicted octanol–water partition coefficient (Wildman–Crippen LogP) is 7.90. The molecule has 0 radical (unpaired) electrons. The van der Waals surface area contributed by atoms with Crippen molar-refractivity contribution in [2.75, 3.05) is 11.9 Å². The van der Waals surface area contributed by atoms with E-state index in [1.165, 1.54) is 31.4 Å². The second kappa shape index (κ2) is 11.0. The fraction of sp³-hybridized carbons (Fsp3) is 0.350. The minimum absolute atomic E-state index is 0.301. The molecule has 0 aliphatic heterocycles. The highest BCUT2D eigenvalue weighted by Crippen LogP contribution is 2.35. The maximum absolute atomic E-state index is 12.4. The number of hydrogen-bond donors (Lipinski definition) is 1. The Kier molecular flexibility index (Phi) is 9.04. The Morgan fingerprint density at radius 1 is 0.889 bits per heavy atom. The molecule has 27 heavy (non-hydrogen) atoms. The van der Waals surface area contributed by atoms with Gasteiger partial charge in [0.2, 0.25) is 0 Å². The van der Waals surface area contributed by atoms with Crippen molar-refractivity contribution in [3.05, 3.63) is 56.0 Å². The number of carbonyl (C=O) groups excluding carboxylic acids is 1. The van der Waals surface area contributed by atoms with Crippen LogP contribution in [0.25, 0.3) is 0 Å². The first-order valence-electron chi connectivity index (χ1n) is 8.80. The molecule has 0 heterocycles. The maximum atomic E-state index is 12.4. The lowest BCUT2D eigenvalue weighted by Crippen LogP contribution is -2.12. The van der Waals surface area contributed by atoms with Gasteiger partial charge in [0.25, 0.3) is 5.91 Å². The monoisotopic (exact) mass is 447 g/mol. The van der Waals surface area contributed by atoms with E-state index in [2.05, 4.69) is 12.2 Å². The van der Waals surface area contributed by atoms with Crippen LogP contribution in [0, 0.1) is 0 Å². The number of ether oxygens (including phenoxy) is 1. The third-order valence-electron chi connectivity index (χ3n) is 3.93. The molecule has 0 bridgehead atoms. The first-order chi connectivity index (χ1) is 12.9. The van der Waals surface area contributed by atoms with Gasteiger partial charge < -0.3 is 10.1 Å². The lowest BCUT2D eigenvalue weighted by atomic mass is 10.1. The highest BCUT2D eigenvalue weighted by Gasteiger charge is 2.15. The van der Waals surface area contributed by atoms with Crippen molar-refractivity contribution in [1.29, 1.82) is 0 Å². The van der Waals surface area contributed by atoms with E-state index in [0.29, 0.717) is 43.7 Å². The van der Waals surface area contributed by atoms with Gasteiger partial charge in [-0.2, -0.15) is 0 Å². The highest BCUT2D eigenvalue weighted by molar-refractivity contribution is 6.42.